The Morgan fingerprint density at radius 1 is 1.29 bits per heavy atom. The number of benzene rings is 1. The van der Waals surface area contributed by atoms with Gasteiger partial charge in [0.25, 0.3) is 10.0 Å². The molecular weight excluding hydrogens is 368 g/mol. The maximum atomic E-state index is 12.9. The number of piperidine rings is 1. The predicted octanol–water partition coefficient (Wildman–Crippen LogP) is 3.07. The molecule has 0 atom stereocenters. The Hall–Kier alpha value is -0.700. The van der Waals surface area contributed by atoms with Crippen molar-refractivity contribution in [3.05, 3.63) is 29.3 Å². The molecule has 1 aliphatic heterocycles. The lowest BCUT2D eigenvalue weighted by Crippen LogP contribution is -2.40. The van der Waals surface area contributed by atoms with Crippen LogP contribution in [0.15, 0.2) is 28.5 Å². The fourth-order valence-electron chi connectivity index (χ4n) is 2.82. The second kappa shape index (κ2) is 7.68. The highest BCUT2D eigenvalue weighted by atomic mass is 35.5. The van der Waals surface area contributed by atoms with Gasteiger partial charge in [0.2, 0.25) is 0 Å². The highest BCUT2D eigenvalue weighted by Crippen LogP contribution is 2.33. The monoisotopic (exact) mass is 388 g/mol. The number of sulfonamides is 1. The molecule has 0 unspecified atom stereocenters. The van der Waals surface area contributed by atoms with Gasteiger partial charge in [-0.2, -0.15) is 4.31 Å². The summed E-state index contributed by atoms with van der Waals surface area (Å²) in [6.45, 7) is 2.24. The molecule has 8 heteroatoms. The fourth-order valence-corrected chi connectivity index (χ4v) is 6.00. The van der Waals surface area contributed by atoms with Gasteiger partial charge in [0, 0.05) is 29.4 Å². The first-order valence-corrected chi connectivity index (χ1v) is 10.6. The van der Waals surface area contributed by atoms with E-state index >= 15 is 0 Å². The molecule has 0 amide bonds. The topological polar surface area (TPSA) is 72.6 Å². The van der Waals surface area contributed by atoms with E-state index in [0.29, 0.717) is 35.5 Å². The zero-order chi connectivity index (χ0) is 17.2. The number of hydrogen-bond acceptors (Lipinski definition) is 5. The first-order chi connectivity index (χ1) is 11.5. The van der Waals surface area contributed by atoms with Crippen molar-refractivity contribution in [3.63, 3.8) is 0 Å². The van der Waals surface area contributed by atoms with Gasteiger partial charge in [-0.3, -0.25) is 0 Å². The molecule has 0 aliphatic carbocycles. The number of nitrogens with zero attached hydrogens (tertiary/aromatic N) is 1. The summed E-state index contributed by atoms with van der Waals surface area (Å²) in [5.74, 6) is 0. The predicted molar refractivity (Wildman–Crippen MR) is 98.2 cm³/mol. The maximum Gasteiger partial charge on any atom is 0.252 e. The van der Waals surface area contributed by atoms with Crippen LogP contribution in [0.25, 0.3) is 10.1 Å². The standard InChI is InChI=1S/C16H21ClN2O3S2/c17-13-2-3-15-12(10-13)11-16(23-15)24(20,21)19-7-4-14(5-8-19)22-9-1-6-18/h2-3,10-11,14H,1,4-9,18H2. The first kappa shape index (κ1) is 18.1. The van der Waals surface area contributed by atoms with Crippen LogP contribution < -0.4 is 5.73 Å². The van der Waals surface area contributed by atoms with Crippen LogP contribution in [0.5, 0.6) is 0 Å². The minimum atomic E-state index is -3.45. The molecule has 1 fully saturated rings. The lowest BCUT2D eigenvalue weighted by molar-refractivity contribution is 0.0209. The van der Waals surface area contributed by atoms with Gasteiger partial charge in [-0.25, -0.2) is 8.42 Å². The second-order valence-corrected chi connectivity index (χ2v) is 9.55. The number of ether oxygens (including phenoxy) is 1. The summed E-state index contributed by atoms with van der Waals surface area (Å²) < 4.78 is 34.3. The van der Waals surface area contributed by atoms with Gasteiger partial charge >= 0.3 is 0 Å². The number of thiophene rings is 1. The van der Waals surface area contributed by atoms with Gasteiger partial charge in [0.15, 0.2) is 0 Å². The Labute approximate surface area is 151 Å². The number of nitrogens with two attached hydrogens (primary N) is 1. The minimum Gasteiger partial charge on any atom is -0.378 e. The molecule has 0 saturated carbocycles. The van der Waals surface area contributed by atoms with Crippen LogP contribution in [0.1, 0.15) is 19.3 Å². The largest absolute Gasteiger partial charge is 0.378 e. The van der Waals surface area contributed by atoms with Crippen LogP contribution in [0.4, 0.5) is 0 Å². The lowest BCUT2D eigenvalue weighted by atomic mass is 10.1. The summed E-state index contributed by atoms with van der Waals surface area (Å²) in [4.78, 5) is 0. The summed E-state index contributed by atoms with van der Waals surface area (Å²) in [6.07, 6.45) is 2.41. The molecule has 0 radical (unpaired) electrons. The van der Waals surface area contributed by atoms with Crippen LogP contribution in [0.3, 0.4) is 0 Å². The van der Waals surface area contributed by atoms with Crippen LogP contribution in [0, 0.1) is 0 Å². The van der Waals surface area contributed by atoms with E-state index in [1.54, 1.807) is 22.5 Å². The number of fused-ring (bicyclic) bond motifs is 1. The number of hydrogen-bond donors (Lipinski definition) is 1. The molecule has 1 saturated heterocycles. The fraction of sp³-hybridized carbons (Fsp3) is 0.500. The van der Waals surface area contributed by atoms with E-state index < -0.39 is 10.0 Å². The van der Waals surface area contributed by atoms with Crippen molar-refractivity contribution in [2.24, 2.45) is 5.73 Å². The normalized spacial score (nSPS) is 17.6. The van der Waals surface area contributed by atoms with Crippen LogP contribution in [0.2, 0.25) is 5.02 Å². The quantitative estimate of drug-likeness (QED) is 0.772. The van der Waals surface area contributed by atoms with Crippen LogP contribution in [-0.4, -0.2) is 45.1 Å². The maximum absolute atomic E-state index is 12.9. The second-order valence-electron chi connectivity index (χ2n) is 5.86. The minimum absolute atomic E-state index is 0.129. The summed E-state index contributed by atoms with van der Waals surface area (Å²) in [7, 11) is -3.45. The Morgan fingerprint density at radius 3 is 2.75 bits per heavy atom. The van der Waals surface area contributed by atoms with E-state index in [1.165, 1.54) is 11.3 Å². The lowest BCUT2D eigenvalue weighted by Gasteiger charge is -2.30. The molecule has 0 bridgehead atoms. The number of rotatable bonds is 6. The highest BCUT2D eigenvalue weighted by molar-refractivity contribution is 7.91. The Balaban J connectivity index is 1.69. The van der Waals surface area contributed by atoms with Crippen molar-refractivity contribution in [3.8, 4) is 0 Å². The summed E-state index contributed by atoms with van der Waals surface area (Å²) in [5, 5.41) is 1.48. The van der Waals surface area contributed by atoms with Gasteiger partial charge in [-0.1, -0.05) is 11.6 Å². The van der Waals surface area contributed by atoms with Crippen molar-refractivity contribution in [1.29, 1.82) is 0 Å². The van der Waals surface area contributed by atoms with Gasteiger partial charge < -0.3 is 10.5 Å². The molecular formula is C16H21ClN2O3S2. The van der Waals surface area contributed by atoms with Crippen LogP contribution in [-0.2, 0) is 14.8 Å². The summed E-state index contributed by atoms with van der Waals surface area (Å²) in [5.41, 5.74) is 5.45. The van der Waals surface area contributed by atoms with E-state index in [9.17, 15) is 8.42 Å². The zero-order valence-corrected chi connectivity index (χ0v) is 15.7. The molecule has 2 heterocycles. The van der Waals surface area contributed by atoms with Gasteiger partial charge in [0.1, 0.15) is 4.21 Å². The number of halogens is 1. The van der Waals surface area contributed by atoms with Crippen molar-refractivity contribution in [1.82, 2.24) is 4.31 Å². The SMILES string of the molecule is NCCCOC1CCN(S(=O)(=O)c2cc3cc(Cl)ccc3s2)CC1. The molecule has 5 nitrogen and oxygen atoms in total. The molecule has 1 aromatic carbocycles. The van der Waals surface area contributed by atoms with Crippen molar-refractivity contribution in [2.75, 3.05) is 26.2 Å². The molecule has 1 aliphatic rings. The average Bonchev–Trinajstić information content (AvgIpc) is 2.99. The van der Waals surface area contributed by atoms with Gasteiger partial charge in [0.05, 0.1) is 6.10 Å². The zero-order valence-electron chi connectivity index (χ0n) is 13.3. The molecule has 2 N–H and O–H groups in total. The average molecular weight is 389 g/mol. The third-order valence-electron chi connectivity index (χ3n) is 4.15. The van der Waals surface area contributed by atoms with Gasteiger partial charge in [-0.15, -0.1) is 11.3 Å². The summed E-state index contributed by atoms with van der Waals surface area (Å²) in [6, 6.07) is 7.15. The van der Waals surface area contributed by atoms with E-state index in [0.717, 1.165) is 29.3 Å². The van der Waals surface area contributed by atoms with Crippen LogP contribution >= 0.6 is 22.9 Å². The molecule has 2 aromatic rings. The molecule has 0 spiro atoms. The molecule has 132 valence electrons. The first-order valence-electron chi connectivity index (χ1n) is 8.01. The van der Waals surface area contributed by atoms with E-state index in [2.05, 4.69) is 0 Å². The van der Waals surface area contributed by atoms with Crippen molar-refractivity contribution >= 4 is 43.0 Å². The van der Waals surface area contributed by atoms with E-state index in [-0.39, 0.29) is 6.10 Å². The van der Waals surface area contributed by atoms with Crippen molar-refractivity contribution in [2.45, 2.75) is 29.6 Å². The third kappa shape index (κ3) is 3.92. The molecule has 3 rings (SSSR count). The van der Waals surface area contributed by atoms with E-state index in [4.69, 9.17) is 22.1 Å². The smallest absolute Gasteiger partial charge is 0.252 e. The highest BCUT2D eigenvalue weighted by Gasteiger charge is 2.30. The van der Waals surface area contributed by atoms with Crippen molar-refractivity contribution < 1.29 is 13.2 Å². The Bertz CT molecular complexity index is 799. The molecule has 1 aromatic heterocycles. The molecule has 24 heavy (non-hydrogen) atoms. The van der Waals surface area contributed by atoms with Gasteiger partial charge in [-0.05, 0) is 55.5 Å². The Kier molecular flexibility index (Phi) is 5.79. The Morgan fingerprint density at radius 2 is 2.04 bits per heavy atom. The summed E-state index contributed by atoms with van der Waals surface area (Å²) >= 11 is 7.27. The third-order valence-corrected chi connectivity index (χ3v) is 7.85. The van der Waals surface area contributed by atoms with E-state index in [1.807, 2.05) is 6.07 Å².